The largest absolute Gasteiger partial charge is 0.396 e. The van der Waals surface area contributed by atoms with Crippen LogP contribution in [0.15, 0.2) is 18.2 Å². The second-order valence-electron chi connectivity index (χ2n) is 5.76. The molecule has 1 amide bonds. The van der Waals surface area contributed by atoms with E-state index in [9.17, 15) is 9.18 Å². The van der Waals surface area contributed by atoms with Crippen LogP contribution in [0.1, 0.15) is 49.4 Å². The molecular weight excluding hydrogens is 243 g/mol. The summed E-state index contributed by atoms with van der Waals surface area (Å²) in [5.74, 6) is -0.833. The van der Waals surface area contributed by atoms with E-state index in [0.29, 0.717) is 6.54 Å². The SMILES string of the molecule is CC1(CNC(=O)c2cccc(F)c2N)CCCCC1. The third kappa shape index (κ3) is 3.25. The summed E-state index contributed by atoms with van der Waals surface area (Å²) in [6.07, 6.45) is 5.97. The van der Waals surface area contributed by atoms with Gasteiger partial charge >= 0.3 is 0 Å². The van der Waals surface area contributed by atoms with Crippen molar-refractivity contribution in [3.05, 3.63) is 29.6 Å². The summed E-state index contributed by atoms with van der Waals surface area (Å²) in [5, 5.41) is 2.89. The van der Waals surface area contributed by atoms with Gasteiger partial charge in [-0.1, -0.05) is 32.3 Å². The average molecular weight is 264 g/mol. The summed E-state index contributed by atoms with van der Waals surface area (Å²) >= 11 is 0. The topological polar surface area (TPSA) is 55.1 Å². The Bertz CT molecular complexity index is 467. The highest BCUT2D eigenvalue weighted by Gasteiger charge is 2.27. The van der Waals surface area contributed by atoms with E-state index < -0.39 is 5.82 Å². The maximum atomic E-state index is 13.3. The lowest BCUT2D eigenvalue weighted by Crippen LogP contribution is -2.37. The molecule has 19 heavy (non-hydrogen) atoms. The smallest absolute Gasteiger partial charge is 0.253 e. The number of hydrogen-bond acceptors (Lipinski definition) is 2. The fraction of sp³-hybridized carbons (Fsp3) is 0.533. The maximum absolute atomic E-state index is 13.3. The van der Waals surface area contributed by atoms with Crippen LogP contribution >= 0.6 is 0 Å². The molecule has 1 aliphatic carbocycles. The van der Waals surface area contributed by atoms with E-state index in [1.165, 1.54) is 31.4 Å². The molecule has 0 radical (unpaired) electrons. The molecule has 4 heteroatoms. The van der Waals surface area contributed by atoms with E-state index >= 15 is 0 Å². The molecule has 0 spiro atoms. The van der Waals surface area contributed by atoms with Gasteiger partial charge in [-0.3, -0.25) is 4.79 Å². The minimum Gasteiger partial charge on any atom is -0.396 e. The lowest BCUT2D eigenvalue weighted by molar-refractivity contribution is 0.0919. The number of para-hydroxylation sites is 1. The molecule has 0 aromatic heterocycles. The van der Waals surface area contributed by atoms with Gasteiger partial charge in [-0.2, -0.15) is 0 Å². The molecule has 3 nitrogen and oxygen atoms in total. The molecule has 1 aliphatic rings. The van der Waals surface area contributed by atoms with Gasteiger partial charge < -0.3 is 11.1 Å². The Morgan fingerprint density at radius 2 is 2.05 bits per heavy atom. The zero-order valence-corrected chi connectivity index (χ0v) is 11.3. The van der Waals surface area contributed by atoms with Crippen LogP contribution < -0.4 is 11.1 Å². The molecule has 3 N–H and O–H groups in total. The van der Waals surface area contributed by atoms with Crippen molar-refractivity contribution in [2.24, 2.45) is 5.41 Å². The Kier molecular flexibility index (Phi) is 4.08. The summed E-state index contributed by atoms with van der Waals surface area (Å²) in [7, 11) is 0. The van der Waals surface area contributed by atoms with Gasteiger partial charge in [0.25, 0.3) is 5.91 Å². The van der Waals surface area contributed by atoms with Crippen molar-refractivity contribution in [1.29, 1.82) is 0 Å². The molecule has 0 bridgehead atoms. The number of amides is 1. The van der Waals surface area contributed by atoms with E-state index in [1.54, 1.807) is 6.07 Å². The number of benzene rings is 1. The van der Waals surface area contributed by atoms with Gasteiger partial charge in [-0.25, -0.2) is 4.39 Å². The van der Waals surface area contributed by atoms with E-state index in [-0.39, 0.29) is 22.6 Å². The highest BCUT2D eigenvalue weighted by Crippen LogP contribution is 2.35. The zero-order valence-electron chi connectivity index (χ0n) is 11.3. The average Bonchev–Trinajstić information content (AvgIpc) is 2.40. The summed E-state index contributed by atoms with van der Waals surface area (Å²) in [6.45, 7) is 2.82. The first-order chi connectivity index (χ1) is 9.02. The van der Waals surface area contributed by atoms with Crippen molar-refractivity contribution in [2.75, 3.05) is 12.3 Å². The molecule has 1 aromatic carbocycles. The summed E-state index contributed by atoms with van der Waals surface area (Å²) in [4.78, 5) is 12.0. The Hall–Kier alpha value is -1.58. The van der Waals surface area contributed by atoms with Gasteiger partial charge in [0.05, 0.1) is 11.3 Å². The standard InChI is InChI=1S/C15H21FN2O/c1-15(8-3-2-4-9-15)10-18-14(19)11-6-5-7-12(16)13(11)17/h5-7H,2-4,8-10,17H2,1H3,(H,18,19). The Morgan fingerprint density at radius 3 is 2.74 bits per heavy atom. The van der Waals surface area contributed by atoms with Crippen molar-refractivity contribution < 1.29 is 9.18 Å². The van der Waals surface area contributed by atoms with Crippen LogP contribution in [0.5, 0.6) is 0 Å². The highest BCUT2D eigenvalue weighted by molar-refractivity contribution is 5.99. The van der Waals surface area contributed by atoms with Crippen LogP contribution in [0.3, 0.4) is 0 Å². The molecule has 0 heterocycles. The molecule has 0 atom stereocenters. The number of hydrogen-bond donors (Lipinski definition) is 2. The Balaban J connectivity index is 1.99. The predicted octanol–water partition coefficient (Wildman–Crippen LogP) is 3.11. The number of rotatable bonds is 3. The van der Waals surface area contributed by atoms with E-state index in [4.69, 9.17) is 5.73 Å². The van der Waals surface area contributed by atoms with Crippen LogP contribution in [-0.2, 0) is 0 Å². The van der Waals surface area contributed by atoms with E-state index in [1.807, 2.05) is 0 Å². The number of anilines is 1. The first-order valence-electron chi connectivity index (χ1n) is 6.84. The molecule has 0 saturated heterocycles. The number of nitrogens with two attached hydrogens (primary N) is 1. The van der Waals surface area contributed by atoms with Gasteiger partial charge in [-0.15, -0.1) is 0 Å². The minimum absolute atomic E-state index is 0.0752. The molecule has 1 fully saturated rings. The van der Waals surface area contributed by atoms with Gasteiger partial charge in [0, 0.05) is 6.54 Å². The molecule has 1 saturated carbocycles. The van der Waals surface area contributed by atoms with Crippen LogP contribution in [0.4, 0.5) is 10.1 Å². The Morgan fingerprint density at radius 1 is 1.37 bits per heavy atom. The predicted molar refractivity (Wildman–Crippen MR) is 74.3 cm³/mol. The normalized spacial score (nSPS) is 18.0. The van der Waals surface area contributed by atoms with Crippen LogP contribution in [0.25, 0.3) is 0 Å². The first-order valence-corrected chi connectivity index (χ1v) is 6.84. The van der Waals surface area contributed by atoms with Crippen molar-refractivity contribution in [3.63, 3.8) is 0 Å². The number of nitrogens with one attached hydrogen (secondary N) is 1. The summed E-state index contributed by atoms with van der Waals surface area (Å²) < 4.78 is 13.3. The second kappa shape index (κ2) is 5.59. The van der Waals surface area contributed by atoms with Gasteiger partial charge in [-0.05, 0) is 30.4 Å². The molecular formula is C15H21FN2O. The van der Waals surface area contributed by atoms with Gasteiger partial charge in [0.15, 0.2) is 0 Å². The summed E-state index contributed by atoms with van der Waals surface area (Å²) in [6, 6.07) is 4.31. The highest BCUT2D eigenvalue weighted by atomic mass is 19.1. The van der Waals surface area contributed by atoms with Crippen molar-refractivity contribution in [2.45, 2.75) is 39.0 Å². The van der Waals surface area contributed by atoms with E-state index in [2.05, 4.69) is 12.2 Å². The maximum Gasteiger partial charge on any atom is 0.253 e. The number of nitrogen functional groups attached to an aromatic ring is 1. The first kappa shape index (κ1) is 13.8. The molecule has 0 aliphatic heterocycles. The fourth-order valence-corrected chi connectivity index (χ4v) is 2.71. The second-order valence-corrected chi connectivity index (χ2v) is 5.76. The molecule has 2 rings (SSSR count). The number of carbonyl (C=O) groups excluding carboxylic acids is 1. The monoisotopic (exact) mass is 264 g/mol. The third-order valence-corrected chi connectivity index (χ3v) is 4.03. The van der Waals surface area contributed by atoms with Crippen LogP contribution in [-0.4, -0.2) is 12.5 Å². The third-order valence-electron chi connectivity index (χ3n) is 4.03. The van der Waals surface area contributed by atoms with Crippen molar-refractivity contribution >= 4 is 11.6 Å². The summed E-state index contributed by atoms with van der Waals surface area (Å²) in [5.41, 5.74) is 5.90. The number of halogens is 1. The van der Waals surface area contributed by atoms with Crippen molar-refractivity contribution in [3.8, 4) is 0 Å². The van der Waals surface area contributed by atoms with Crippen LogP contribution in [0.2, 0.25) is 0 Å². The minimum atomic E-state index is -0.545. The van der Waals surface area contributed by atoms with Gasteiger partial charge in [0.1, 0.15) is 5.82 Å². The quantitative estimate of drug-likeness (QED) is 0.824. The Labute approximate surface area is 113 Å². The lowest BCUT2D eigenvalue weighted by Gasteiger charge is -2.33. The van der Waals surface area contributed by atoms with Crippen molar-refractivity contribution in [1.82, 2.24) is 5.32 Å². The van der Waals surface area contributed by atoms with Gasteiger partial charge in [0.2, 0.25) is 0 Å². The lowest BCUT2D eigenvalue weighted by atomic mass is 9.76. The molecule has 104 valence electrons. The number of carbonyl (C=O) groups is 1. The van der Waals surface area contributed by atoms with Crippen LogP contribution in [0, 0.1) is 11.2 Å². The molecule has 1 aromatic rings. The van der Waals surface area contributed by atoms with E-state index in [0.717, 1.165) is 12.8 Å². The fourth-order valence-electron chi connectivity index (χ4n) is 2.71. The zero-order chi connectivity index (χ0) is 13.9. The molecule has 0 unspecified atom stereocenters.